The molecule has 0 amide bonds. The summed E-state index contributed by atoms with van der Waals surface area (Å²) >= 11 is 0. The van der Waals surface area contributed by atoms with Crippen LogP contribution in [0.4, 0.5) is 5.82 Å². The molecule has 1 aliphatic rings. The second kappa shape index (κ2) is 4.37. The van der Waals surface area contributed by atoms with Gasteiger partial charge in [0.05, 0.1) is 0 Å². The molecular weight excluding hydrogens is 200 g/mol. The molecule has 1 aromatic rings. The van der Waals surface area contributed by atoms with Crippen molar-refractivity contribution in [3.63, 3.8) is 0 Å². The molecule has 0 atom stereocenters. The average Bonchev–Trinajstić information content (AvgIpc) is 2.14. The monoisotopic (exact) mass is 220 g/mol. The topological polar surface area (TPSA) is 63.8 Å². The minimum atomic E-state index is 0.365. The second-order valence-electron chi connectivity index (χ2n) is 4.98. The van der Waals surface area contributed by atoms with Crippen LogP contribution in [0.1, 0.15) is 44.1 Å². The van der Waals surface area contributed by atoms with Crippen LogP contribution in [0.15, 0.2) is 6.07 Å². The lowest BCUT2D eigenvalue weighted by Crippen LogP contribution is -2.44. The molecule has 1 heterocycles. The van der Waals surface area contributed by atoms with Gasteiger partial charge in [-0.1, -0.05) is 13.8 Å². The molecule has 1 aliphatic carbocycles. The minimum absolute atomic E-state index is 0.365. The lowest BCUT2D eigenvalue weighted by Gasteiger charge is -2.33. The Morgan fingerprint density at radius 1 is 1.38 bits per heavy atom. The van der Waals surface area contributed by atoms with Gasteiger partial charge in [-0.3, -0.25) is 0 Å². The highest BCUT2D eigenvalue weighted by Crippen LogP contribution is 2.22. The summed E-state index contributed by atoms with van der Waals surface area (Å²) in [6.45, 7) is 6.22. The molecule has 0 aliphatic heterocycles. The van der Waals surface area contributed by atoms with Crippen molar-refractivity contribution in [2.24, 2.45) is 5.73 Å². The van der Waals surface area contributed by atoms with E-state index in [0.717, 1.165) is 30.2 Å². The number of aromatic nitrogens is 2. The average molecular weight is 220 g/mol. The van der Waals surface area contributed by atoms with Crippen molar-refractivity contribution < 1.29 is 0 Å². The number of nitrogens with one attached hydrogen (secondary N) is 1. The van der Waals surface area contributed by atoms with E-state index < -0.39 is 0 Å². The largest absolute Gasteiger partial charge is 0.367 e. The van der Waals surface area contributed by atoms with Crippen LogP contribution >= 0.6 is 0 Å². The van der Waals surface area contributed by atoms with E-state index in [9.17, 15) is 0 Å². The van der Waals surface area contributed by atoms with Gasteiger partial charge in [-0.15, -0.1) is 0 Å². The first-order valence-corrected chi connectivity index (χ1v) is 5.92. The number of nitrogens with two attached hydrogens (primary N) is 1. The maximum absolute atomic E-state index is 5.76. The molecular formula is C12H20N4. The fourth-order valence-electron chi connectivity index (χ4n) is 1.91. The molecule has 2 rings (SSSR count). The quantitative estimate of drug-likeness (QED) is 0.815. The van der Waals surface area contributed by atoms with Crippen molar-refractivity contribution in [1.82, 2.24) is 9.97 Å². The molecule has 88 valence electrons. The Hall–Kier alpha value is -1.16. The van der Waals surface area contributed by atoms with Crippen molar-refractivity contribution in [2.75, 3.05) is 5.32 Å². The number of aryl methyl sites for hydroxylation is 1. The van der Waals surface area contributed by atoms with E-state index in [1.54, 1.807) is 0 Å². The van der Waals surface area contributed by atoms with Gasteiger partial charge in [-0.25, -0.2) is 9.97 Å². The first-order valence-electron chi connectivity index (χ1n) is 5.92. The van der Waals surface area contributed by atoms with Crippen LogP contribution in [-0.2, 0) is 0 Å². The van der Waals surface area contributed by atoms with E-state index in [1.165, 1.54) is 0 Å². The number of anilines is 1. The van der Waals surface area contributed by atoms with Crippen LogP contribution in [0.3, 0.4) is 0 Å². The van der Waals surface area contributed by atoms with Gasteiger partial charge >= 0.3 is 0 Å². The lowest BCUT2D eigenvalue weighted by atomic mass is 9.88. The summed E-state index contributed by atoms with van der Waals surface area (Å²) < 4.78 is 0. The summed E-state index contributed by atoms with van der Waals surface area (Å²) in [4.78, 5) is 8.94. The Morgan fingerprint density at radius 2 is 2.06 bits per heavy atom. The molecule has 0 unspecified atom stereocenters. The van der Waals surface area contributed by atoms with Crippen molar-refractivity contribution in [3.05, 3.63) is 17.6 Å². The van der Waals surface area contributed by atoms with Crippen molar-refractivity contribution in [1.29, 1.82) is 0 Å². The van der Waals surface area contributed by atoms with Gasteiger partial charge in [0, 0.05) is 29.8 Å². The molecule has 0 aromatic carbocycles. The molecule has 16 heavy (non-hydrogen) atoms. The Bertz CT molecular complexity index is 369. The molecule has 0 radical (unpaired) electrons. The van der Waals surface area contributed by atoms with E-state index in [4.69, 9.17) is 5.73 Å². The SMILES string of the molecule is Cc1cc(NC2CC(N)C2)nc(C(C)C)n1. The molecule has 4 nitrogen and oxygen atoms in total. The standard InChI is InChI=1S/C12H20N4/c1-7(2)12-14-8(3)4-11(16-12)15-10-5-9(13)6-10/h4,7,9-10H,5-6,13H2,1-3H3,(H,14,15,16). The van der Waals surface area contributed by atoms with Gasteiger partial charge < -0.3 is 11.1 Å². The van der Waals surface area contributed by atoms with Crippen LogP contribution in [-0.4, -0.2) is 22.1 Å². The Morgan fingerprint density at radius 3 is 2.62 bits per heavy atom. The molecule has 3 N–H and O–H groups in total. The van der Waals surface area contributed by atoms with Crippen LogP contribution < -0.4 is 11.1 Å². The maximum atomic E-state index is 5.76. The predicted octanol–water partition coefficient (Wildman–Crippen LogP) is 1.81. The van der Waals surface area contributed by atoms with Crippen molar-refractivity contribution in [3.8, 4) is 0 Å². The highest BCUT2D eigenvalue weighted by Gasteiger charge is 2.26. The third-order valence-corrected chi connectivity index (χ3v) is 2.91. The van der Waals surface area contributed by atoms with Gasteiger partial charge in [0.25, 0.3) is 0 Å². The van der Waals surface area contributed by atoms with E-state index in [1.807, 2.05) is 13.0 Å². The number of rotatable bonds is 3. The Balaban J connectivity index is 2.08. The molecule has 1 fully saturated rings. The minimum Gasteiger partial charge on any atom is -0.367 e. The summed E-state index contributed by atoms with van der Waals surface area (Å²) in [6, 6.07) is 2.85. The predicted molar refractivity (Wildman–Crippen MR) is 65.5 cm³/mol. The lowest BCUT2D eigenvalue weighted by molar-refractivity contribution is 0.373. The van der Waals surface area contributed by atoms with Crippen molar-refractivity contribution in [2.45, 2.75) is 51.6 Å². The second-order valence-corrected chi connectivity index (χ2v) is 4.98. The number of hydrogen-bond acceptors (Lipinski definition) is 4. The fraction of sp³-hybridized carbons (Fsp3) is 0.667. The van der Waals surface area contributed by atoms with Crippen molar-refractivity contribution >= 4 is 5.82 Å². The van der Waals surface area contributed by atoms with Crippen LogP contribution in [0.25, 0.3) is 0 Å². The third-order valence-electron chi connectivity index (χ3n) is 2.91. The van der Waals surface area contributed by atoms with Gasteiger partial charge in [-0.2, -0.15) is 0 Å². The van der Waals surface area contributed by atoms with Gasteiger partial charge in [0.15, 0.2) is 0 Å². The molecule has 0 saturated heterocycles. The highest BCUT2D eigenvalue weighted by atomic mass is 15.1. The third kappa shape index (κ3) is 2.50. The molecule has 1 saturated carbocycles. The van der Waals surface area contributed by atoms with E-state index in [2.05, 4.69) is 29.1 Å². The zero-order valence-electron chi connectivity index (χ0n) is 10.2. The summed E-state index contributed by atoms with van der Waals surface area (Å²) in [6.07, 6.45) is 2.08. The molecule has 0 spiro atoms. The van der Waals surface area contributed by atoms with Gasteiger partial charge in [-0.05, 0) is 19.8 Å². The van der Waals surface area contributed by atoms with Gasteiger partial charge in [0.1, 0.15) is 11.6 Å². The summed E-state index contributed by atoms with van der Waals surface area (Å²) in [5.41, 5.74) is 6.78. The van der Waals surface area contributed by atoms with E-state index in [-0.39, 0.29) is 0 Å². The van der Waals surface area contributed by atoms with Crippen LogP contribution in [0, 0.1) is 6.92 Å². The first kappa shape index (κ1) is 11.3. The Labute approximate surface area is 96.7 Å². The molecule has 0 bridgehead atoms. The van der Waals surface area contributed by atoms with Crippen LogP contribution in [0.2, 0.25) is 0 Å². The molecule has 1 aromatic heterocycles. The molecule has 4 heteroatoms. The highest BCUT2D eigenvalue weighted by molar-refractivity contribution is 5.38. The summed E-state index contributed by atoms with van der Waals surface area (Å²) in [5, 5.41) is 3.41. The zero-order valence-corrected chi connectivity index (χ0v) is 10.2. The fourth-order valence-corrected chi connectivity index (χ4v) is 1.91. The zero-order chi connectivity index (χ0) is 11.7. The first-order chi connectivity index (χ1) is 7.54. The normalized spacial score (nSPS) is 24.3. The smallest absolute Gasteiger partial charge is 0.133 e. The Kier molecular flexibility index (Phi) is 3.10. The van der Waals surface area contributed by atoms with E-state index in [0.29, 0.717) is 18.0 Å². The van der Waals surface area contributed by atoms with E-state index >= 15 is 0 Å². The summed E-state index contributed by atoms with van der Waals surface area (Å²) in [7, 11) is 0. The number of hydrogen-bond donors (Lipinski definition) is 2. The van der Waals surface area contributed by atoms with Crippen LogP contribution in [0.5, 0.6) is 0 Å². The van der Waals surface area contributed by atoms with Gasteiger partial charge in [0.2, 0.25) is 0 Å². The summed E-state index contributed by atoms with van der Waals surface area (Å²) in [5.74, 6) is 2.21. The number of nitrogens with zero attached hydrogens (tertiary/aromatic N) is 2. The maximum Gasteiger partial charge on any atom is 0.133 e.